The Morgan fingerprint density at radius 2 is 0.891 bits per heavy atom. The van der Waals surface area contributed by atoms with E-state index in [1.165, 1.54) is 66.8 Å². The van der Waals surface area contributed by atoms with Gasteiger partial charge in [-0.3, -0.25) is 0 Å². The minimum Gasteiger partial charge on any atom is -0.436 e. The summed E-state index contributed by atoms with van der Waals surface area (Å²) in [6.45, 7) is 4.74. The zero-order chi connectivity index (χ0) is 42.3. The molecule has 1 spiro atoms. The van der Waals surface area contributed by atoms with Crippen molar-refractivity contribution in [3.8, 4) is 67.4 Å². The molecule has 2 heterocycles. The van der Waals surface area contributed by atoms with Gasteiger partial charge in [-0.25, -0.2) is 9.97 Å². The number of allylic oxidation sites excluding steroid dienone is 4. The van der Waals surface area contributed by atoms with Gasteiger partial charge in [-0.1, -0.05) is 147 Å². The molecular weight excluding hydrogens is 781 g/mol. The van der Waals surface area contributed by atoms with Crippen LogP contribution in [0.3, 0.4) is 0 Å². The highest BCUT2D eigenvalue weighted by Gasteiger charge is 2.57. The zero-order valence-electron chi connectivity index (χ0n) is 35.3. The zero-order valence-corrected chi connectivity index (χ0v) is 35.3. The minimum absolute atomic E-state index is 0.247. The molecule has 0 amide bonds. The van der Waals surface area contributed by atoms with Crippen molar-refractivity contribution in [2.24, 2.45) is 5.92 Å². The van der Waals surface area contributed by atoms with Gasteiger partial charge in [-0.05, 0) is 139 Å². The second-order valence-electron chi connectivity index (χ2n) is 18.4. The first-order valence-corrected chi connectivity index (χ1v) is 22.3. The molecule has 10 aromatic rings. The average Bonchev–Trinajstić information content (AvgIpc) is 4.15. The summed E-state index contributed by atoms with van der Waals surface area (Å²) >= 11 is 0. The first kappa shape index (κ1) is 35.7. The van der Waals surface area contributed by atoms with E-state index in [-0.39, 0.29) is 10.8 Å². The number of para-hydroxylation sites is 4. The van der Waals surface area contributed by atoms with Crippen molar-refractivity contribution in [1.82, 2.24) is 9.97 Å². The number of fused-ring (bicyclic) bond motifs is 15. The first-order valence-electron chi connectivity index (χ1n) is 22.3. The molecule has 0 bridgehead atoms. The Kier molecular flexibility index (Phi) is 7.19. The Bertz CT molecular complexity index is 3530. The average molecular weight is 821 g/mol. The van der Waals surface area contributed by atoms with Gasteiger partial charge in [0.2, 0.25) is 11.8 Å². The van der Waals surface area contributed by atoms with E-state index in [0.717, 1.165) is 44.5 Å². The molecule has 302 valence electrons. The molecule has 4 nitrogen and oxygen atoms in total. The third-order valence-electron chi connectivity index (χ3n) is 14.8. The van der Waals surface area contributed by atoms with Gasteiger partial charge in [0.1, 0.15) is 11.0 Å². The Morgan fingerprint density at radius 1 is 0.406 bits per heavy atom. The number of aromatic nitrogens is 2. The molecule has 0 fully saturated rings. The lowest BCUT2D eigenvalue weighted by molar-refractivity contribution is 0.465. The summed E-state index contributed by atoms with van der Waals surface area (Å²) in [6, 6.07) is 61.9. The van der Waals surface area contributed by atoms with Crippen molar-refractivity contribution < 1.29 is 8.83 Å². The van der Waals surface area contributed by atoms with E-state index in [1.807, 2.05) is 48.5 Å². The molecule has 2 aromatic heterocycles. The monoisotopic (exact) mass is 820 g/mol. The molecule has 0 aliphatic heterocycles. The molecule has 0 radical (unpaired) electrons. The van der Waals surface area contributed by atoms with E-state index in [9.17, 15) is 0 Å². The van der Waals surface area contributed by atoms with Crippen LogP contribution in [0, 0.1) is 5.92 Å². The normalized spacial score (nSPS) is 19.2. The van der Waals surface area contributed by atoms with E-state index in [1.54, 1.807) is 0 Å². The third-order valence-corrected chi connectivity index (χ3v) is 14.8. The van der Waals surface area contributed by atoms with E-state index in [4.69, 9.17) is 18.8 Å². The van der Waals surface area contributed by atoms with Crippen molar-refractivity contribution in [3.05, 3.63) is 228 Å². The number of hydrogen-bond acceptors (Lipinski definition) is 4. The Morgan fingerprint density at radius 3 is 1.53 bits per heavy atom. The molecule has 0 saturated carbocycles. The molecular formula is C60H40N2O2. The van der Waals surface area contributed by atoms with Crippen LogP contribution < -0.4 is 0 Å². The molecule has 0 N–H and O–H groups in total. The quantitative estimate of drug-likeness (QED) is 0.177. The van der Waals surface area contributed by atoms with Crippen LogP contribution in [0.2, 0.25) is 0 Å². The fourth-order valence-corrected chi connectivity index (χ4v) is 11.9. The van der Waals surface area contributed by atoms with Crippen molar-refractivity contribution >= 4 is 22.2 Å². The van der Waals surface area contributed by atoms with Crippen LogP contribution >= 0.6 is 0 Å². The van der Waals surface area contributed by atoms with Crippen LogP contribution in [0.4, 0.5) is 0 Å². The van der Waals surface area contributed by atoms with Crippen molar-refractivity contribution in [1.29, 1.82) is 0 Å². The molecule has 0 saturated heterocycles. The van der Waals surface area contributed by atoms with Crippen LogP contribution in [-0.4, -0.2) is 9.97 Å². The number of oxazole rings is 2. The molecule has 14 rings (SSSR count). The number of rotatable bonds is 4. The van der Waals surface area contributed by atoms with Crippen LogP contribution in [0.5, 0.6) is 0 Å². The summed E-state index contributed by atoms with van der Waals surface area (Å²) < 4.78 is 12.7. The van der Waals surface area contributed by atoms with Crippen LogP contribution in [0.1, 0.15) is 53.1 Å². The van der Waals surface area contributed by atoms with Crippen LogP contribution in [0.25, 0.3) is 89.6 Å². The summed E-state index contributed by atoms with van der Waals surface area (Å²) in [4.78, 5) is 9.78. The second-order valence-corrected chi connectivity index (χ2v) is 18.4. The van der Waals surface area contributed by atoms with Gasteiger partial charge in [-0.15, -0.1) is 0 Å². The largest absolute Gasteiger partial charge is 0.436 e. The van der Waals surface area contributed by atoms with Crippen molar-refractivity contribution in [2.45, 2.75) is 30.6 Å². The minimum atomic E-state index is -0.259. The van der Waals surface area contributed by atoms with E-state index in [0.29, 0.717) is 23.6 Å². The summed E-state index contributed by atoms with van der Waals surface area (Å²) in [6.07, 6.45) is 9.38. The smallest absolute Gasteiger partial charge is 0.227 e. The Labute approximate surface area is 370 Å². The third kappa shape index (κ3) is 4.83. The summed E-state index contributed by atoms with van der Waals surface area (Å²) in [5.41, 5.74) is 22.6. The van der Waals surface area contributed by atoms with Gasteiger partial charge in [0.15, 0.2) is 11.2 Å². The highest BCUT2D eigenvalue weighted by atomic mass is 16.4. The lowest BCUT2D eigenvalue weighted by Crippen LogP contribution is -2.33. The lowest BCUT2D eigenvalue weighted by Gasteiger charge is -2.36. The van der Waals surface area contributed by atoms with Gasteiger partial charge in [-0.2, -0.15) is 0 Å². The van der Waals surface area contributed by atoms with Gasteiger partial charge >= 0.3 is 0 Å². The van der Waals surface area contributed by atoms with Crippen LogP contribution in [-0.2, 0) is 10.8 Å². The number of hydrogen-bond donors (Lipinski definition) is 0. The standard InChI is InChI=1S/C60H40N2O2/c1-59(2)50-32-35(36-24-28-46-43-15-5-8-18-49(43)60(52(46)34-36)47-16-6-3-13-41(47)42-14-4-7-17-48(42)60)23-26-44(50)45-27-25-37(33-51(45)59)38-29-39(57-61-53-19-9-11-21-55(53)63-57)31-40(30-38)58-62-54-20-10-12-22-56(54)64-58/h3-34,41,47H,1-2H3. The van der Waals surface area contributed by atoms with Gasteiger partial charge in [0.05, 0.1) is 5.41 Å². The highest BCUT2D eigenvalue weighted by Crippen LogP contribution is 2.65. The van der Waals surface area contributed by atoms with E-state index >= 15 is 0 Å². The molecule has 4 aliphatic rings. The topological polar surface area (TPSA) is 52.1 Å². The SMILES string of the molecule is CC1(C)c2cc(-c3cc(-c4nc5ccccc5o4)cc(-c4nc5ccccc5o4)c3)ccc2-c2ccc(-c3ccc4c(c3)C3(c5ccccc5-4)c4ccccc4C4C=CC=CC43)cc21. The maximum absolute atomic E-state index is 6.33. The Hall–Kier alpha value is -7.82. The van der Waals surface area contributed by atoms with Gasteiger partial charge in [0, 0.05) is 28.4 Å². The maximum Gasteiger partial charge on any atom is 0.227 e. The van der Waals surface area contributed by atoms with Gasteiger partial charge in [0.25, 0.3) is 0 Å². The van der Waals surface area contributed by atoms with Crippen molar-refractivity contribution in [2.75, 3.05) is 0 Å². The fraction of sp³-hybridized carbons (Fsp3) is 0.100. The second kappa shape index (κ2) is 12.9. The molecule has 4 aliphatic carbocycles. The summed E-state index contributed by atoms with van der Waals surface area (Å²) in [7, 11) is 0. The maximum atomic E-state index is 6.33. The number of benzene rings is 8. The summed E-state index contributed by atoms with van der Waals surface area (Å²) in [5, 5.41) is 0. The molecule has 3 atom stereocenters. The van der Waals surface area contributed by atoms with E-state index in [2.05, 4.69) is 159 Å². The molecule has 64 heavy (non-hydrogen) atoms. The summed E-state index contributed by atoms with van der Waals surface area (Å²) in [5.74, 6) is 1.77. The predicted molar refractivity (Wildman–Crippen MR) is 257 cm³/mol. The lowest BCUT2D eigenvalue weighted by atomic mass is 9.65. The highest BCUT2D eigenvalue weighted by molar-refractivity contribution is 5.91. The fourth-order valence-electron chi connectivity index (χ4n) is 11.9. The predicted octanol–water partition coefficient (Wildman–Crippen LogP) is 15.1. The first-order chi connectivity index (χ1) is 31.4. The van der Waals surface area contributed by atoms with Crippen LogP contribution in [0.15, 0.2) is 203 Å². The van der Waals surface area contributed by atoms with Crippen molar-refractivity contribution in [3.63, 3.8) is 0 Å². The van der Waals surface area contributed by atoms with Gasteiger partial charge < -0.3 is 8.83 Å². The number of nitrogens with zero attached hydrogens (tertiary/aromatic N) is 2. The Balaban J connectivity index is 0.877. The molecule has 3 unspecified atom stereocenters. The molecule has 8 aromatic carbocycles. The molecule has 4 heteroatoms. The van der Waals surface area contributed by atoms with E-state index < -0.39 is 0 Å².